The molecule has 28 heavy (non-hydrogen) atoms. The first-order chi connectivity index (χ1) is 13.6. The molecule has 1 aromatic carbocycles. The van der Waals surface area contributed by atoms with Gasteiger partial charge in [-0.05, 0) is 43.7 Å². The van der Waals surface area contributed by atoms with Crippen LogP contribution in [0.25, 0.3) is 10.9 Å². The van der Waals surface area contributed by atoms with Gasteiger partial charge in [-0.3, -0.25) is 14.2 Å². The van der Waals surface area contributed by atoms with Crippen LogP contribution in [-0.4, -0.2) is 51.9 Å². The van der Waals surface area contributed by atoms with Gasteiger partial charge in [-0.2, -0.15) is 0 Å². The van der Waals surface area contributed by atoms with Crippen LogP contribution in [-0.2, 0) is 16.1 Å². The lowest BCUT2D eigenvalue weighted by Gasteiger charge is -2.30. The molecule has 1 amide bonds. The van der Waals surface area contributed by atoms with Crippen molar-refractivity contribution in [3.63, 3.8) is 0 Å². The molecule has 150 valence electrons. The Bertz CT molecular complexity index is 907. The highest BCUT2D eigenvalue weighted by atomic mass is 32.2. The zero-order valence-electron chi connectivity index (χ0n) is 16.3. The Kier molecular flexibility index (Phi) is 6.01. The number of carbonyl (C=O) groups excluding carboxylic acids is 1. The number of aromatic nitrogens is 2. The van der Waals surface area contributed by atoms with Gasteiger partial charge < -0.3 is 9.64 Å². The van der Waals surface area contributed by atoms with Crippen LogP contribution in [0.2, 0.25) is 0 Å². The third-order valence-electron chi connectivity index (χ3n) is 5.57. The van der Waals surface area contributed by atoms with Crippen LogP contribution in [0.3, 0.4) is 0 Å². The molecule has 0 aliphatic carbocycles. The van der Waals surface area contributed by atoms with E-state index >= 15 is 0 Å². The molecule has 0 bridgehead atoms. The van der Waals surface area contributed by atoms with E-state index in [-0.39, 0.29) is 17.6 Å². The summed E-state index contributed by atoms with van der Waals surface area (Å²) in [5.41, 5.74) is 0.625. The van der Waals surface area contributed by atoms with Gasteiger partial charge in [0.15, 0.2) is 5.16 Å². The van der Waals surface area contributed by atoms with Crippen molar-refractivity contribution in [1.82, 2.24) is 14.5 Å². The van der Waals surface area contributed by atoms with Gasteiger partial charge >= 0.3 is 0 Å². The zero-order valence-corrected chi connectivity index (χ0v) is 17.1. The minimum Gasteiger partial charge on any atom is -0.376 e. The third-order valence-corrected chi connectivity index (χ3v) is 6.53. The highest BCUT2D eigenvalue weighted by molar-refractivity contribution is 7.99. The van der Waals surface area contributed by atoms with E-state index in [4.69, 9.17) is 9.72 Å². The zero-order chi connectivity index (χ0) is 19.5. The van der Waals surface area contributed by atoms with Crippen molar-refractivity contribution in [2.45, 2.75) is 50.4 Å². The number of nitrogens with zero attached hydrogens (tertiary/aromatic N) is 3. The number of ether oxygens (including phenoxy) is 1. The fourth-order valence-corrected chi connectivity index (χ4v) is 4.96. The molecule has 2 atom stereocenters. The molecule has 0 unspecified atom stereocenters. The van der Waals surface area contributed by atoms with Crippen LogP contribution in [0.4, 0.5) is 0 Å². The average Bonchev–Trinajstić information content (AvgIpc) is 3.22. The van der Waals surface area contributed by atoms with Crippen LogP contribution in [0, 0.1) is 5.92 Å². The number of rotatable bonds is 5. The van der Waals surface area contributed by atoms with Crippen LogP contribution >= 0.6 is 11.8 Å². The third kappa shape index (κ3) is 4.25. The normalized spacial score (nSPS) is 22.7. The molecule has 2 aliphatic heterocycles. The fourth-order valence-electron chi connectivity index (χ4n) is 4.04. The Balaban J connectivity index is 1.57. The predicted molar refractivity (Wildman–Crippen MR) is 111 cm³/mol. The van der Waals surface area contributed by atoms with Crippen LogP contribution in [0.5, 0.6) is 0 Å². The smallest absolute Gasteiger partial charge is 0.262 e. The van der Waals surface area contributed by atoms with E-state index in [1.807, 2.05) is 29.2 Å². The van der Waals surface area contributed by atoms with E-state index in [1.54, 1.807) is 4.57 Å². The molecule has 0 N–H and O–H groups in total. The predicted octanol–water partition coefficient (Wildman–Crippen LogP) is 2.93. The quantitative estimate of drug-likeness (QED) is 0.569. The van der Waals surface area contributed by atoms with Gasteiger partial charge in [-0.1, -0.05) is 30.8 Å². The molecule has 0 saturated carbocycles. The number of para-hydroxylation sites is 1. The van der Waals surface area contributed by atoms with Crippen molar-refractivity contribution in [3.05, 3.63) is 34.6 Å². The number of fused-ring (bicyclic) bond motifs is 1. The van der Waals surface area contributed by atoms with E-state index in [1.165, 1.54) is 18.2 Å². The highest BCUT2D eigenvalue weighted by Crippen LogP contribution is 2.22. The Labute approximate surface area is 169 Å². The number of likely N-dealkylation sites (tertiary alicyclic amines) is 1. The fraction of sp³-hybridized carbons (Fsp3) is 0.571. The maximum atomic E-state index is 13.1. The minimum absolute atomic E-state index is 0.0404. The van der Waals surface area contributed by atoms with Crippen molar-refractivity contribution in [2.24, 2.45) is 5.92 Å². The lowest BCUT2D eigenvalue weighted by Crippen LogP contribution is -2.40. The summed E-state index contributed by atoms with van der Waals surface area (Å²) in [6.07, 6.45) is 4.26. The van der Waals surface area contributed by atoms with Crippen molar-refractivity contribution in [3.8, 4) is 0 Å². The summed E-state index contributed by atoms with van der Waals surface area (Å²) in [6.45, 7) is 5.09. The molecule has 7 heteroatoms. The van der Waals surface area contributed by atoms with Crippen LogP contribution < -0.4 is 5.56 Å². The summed E-state index contributed by atoms with van der Waals surface area (Å²) < 4.78 is 7.44. The standard InChI is InChI=1S/C21H27N3O3S/c1-15-6-4-10-23(12-15)19(25)14-28-21-22-18-9-3-2-8-17(18)20(26)24(21)13-16-7-5-11-27-16/h2-3,8-9,15-16H,4-7,10-14H2,1H3/t15-,16+/m0/s1. The van der Waals surface area contributed by atoms with Gasteiger partial charge in [0.1, 0.15) is 0 Å². The molecule has 3 heterocycles. The van der Waals surface area contributed by atoms with Crippen molar-refractivity contribution in [1.29, 1.82) is 0 Å². The monoisotopic (exact) mass is 401 g/mol. The number of carbonyl (C=O) groups is 1. The summed E-state index contributed by atoms with van der Waals surface area (Å²) in [4.78, 5) is 32.4. The second-order valence-corrected chi connectivity index (χ2v) is 8.78. The van der Waals surface area contributed by atoms with Crippen molar-refractivity contribution >= 4 is 28.6 Å². The van der Waals surface area contributed by atoms with Crippen LogP contribution in [0.15, 0.2) is 34.2 Å². The van der Waals surface area contributed by atoms with Gasteiger partial charge in [-0.15, -0.1) is 0 Å². The number of hydrogen-bond donors (Lipinski definition) is 0. The summed E-state index contributed by atoms with van der Waals surface area (Å²) in [6, 6.07) is 7.40. The molecular formula is C21H27N3O3S. The van der Waals surface area contributed by atoms with Gasteiger partial charge in [0.25, 0.3) is 5.56 Å². The number of hydrogen-bond acceptors (Lipinski definition) is 5. The van der Waals surface area contributed by atoms with E-state index < -0.39 is 0 Å². The first-order valence-corrected chi connectivity index (χ1v) is 11.1. The van der Waals surface area contributed by atoms with E-state index in [0.29, 0.717) is 34.3 Å². The molecule has 0 spiro atoms. The molecule has 0 radical (unpaired) electrons. The summed E-state index contributed by atoms with van der Waals surface area (Å²) in [5.74, 6) is 0.991. The first-order valence-electron chi connectivity index (χ1n) is 10.1. The average molecular weight is 402 g/mol. The Hall–Kier alpha value is -1.86. The molecule has 1 aromatic heterocycles. The largest absolute Gasteiger partial charge is 0.376 e. The van der Waals surface area contributed by atoms with Gasteiger partial charge in [0, 0.05) is 19.7 Å². The van der Waals surface area contributed by atoms with Crippen molar-refractivity contribution in [2.75, 3.05) is 25.4 Å². The van der Waals surface area contributed by atoms with E-state index in [9.17, 15) is 9.59 Å². The molecule has 6 nitrogen and oxygen atoms in total. The topological polar surface area (TPSA) is 64.4 Å². The molecule has 2 saturated heterocycles. The summed E-state index contributed by atoms with van der Waals surface area (Å²) in [7, 11) is 0. The number of amides is 1. The second-order valence-electron chi connectivity index (χ2n) is 7.84. The Morgan fingerprint density at radius 3 is 2.93 bits per heavy atom. The molecule has 2 aliphatic rings. The van der Waals surface area contributed by atoms with Gasteiger partial charge in [0.05, 0.1) is 29.3 Å². The highest BCUT2D eigenvalue weighted by Gasteiger charge is 2.23. The van der Waals surface area contributed by atoms with Gasteiger partial charge in [-0.25, -0.2) is 4.98 Å². The molecule has 2 aromatic rings. The maximum Gasteiger partial charge on any atom is 0.262 e. The maximum absolute atomic E-state index is 13.1. The lowest BCUT2D eigenvalue weighted by atomic mass is 10.0. The molecular weight excluding hydrogens is 374 g/mol. The van der Waals surface area contributed by atoms with E-state index in [2.05, 4.69) is 6.92 Å². The number of piperidine rings is 1. The SMILES string of the molecule is C[C@H]1CCCN(C(=O)CSc2nc3ccccc3c(=O)n2C[C@H]2CCCO2)C1. The van der Waals surface area contributed by atoms with Gasteiger partial charge in [0.2, 0.25) is 5.91 Å². The lowest BCUT2D eigenvalue weighted by molar-refractivity contribution is -0.130. The second kappa shape index (κ2) is 8.66. The molecule has 4 rings (SSSR count). The van der Waals surface area contributed by atoms with E-state index in [0.717, 1.165) is 39.0 Å². The first kappa shape index (κ1) is 19.5. The minimum atomic E-state index is -0.0531. The number of thioether (sulfide) groups is 1. The number of benzene rings is 1. The molecule has 2 fully saturated rings. The Morgan fingerprint density at radius 1 is 1.29 bits per heavy atom. The van der Waals surface area contributed by atoms with Crippen LogP contribution in [0.1, 0.15) is 32.6 Å². The Morgan fingerprint density at radius 2 is 2.14 bits per heavy atom. The summed E-state index contributed by atoms with van der Waals surface area (Å²) in [5, 5.41) is 1.22. The summed E-state index contributed by atoms with van der Waals surface area (Å²) >= 11 is 1.37. The van der Waals surface area contributed by atoms with Crippen molar-refractivity contribution < 1.29 is 9.53 Å².